The molecule has 0 aliphatic carbocycles. The van der Waals surface area contributed by atoms with E-state index >= 15 is 0 Å². The smallest absolute Gasteiger partial charge is 0.277 e. The number of ether oxygens (including phenoxy) is 1. The lowest BCUT2D eigenvalue weighted by Crippen LogP contribution is -2.27. The molecular formula is C22H22N4O3. The van der Waals surface area contributed by atoms with E-state index in [1.54, 1.807) is 7.11 Å². The summed E-state index contributed by atoms with van der Waals surface area (Å²) in [7, 11) is 1.61. The summed E-state index contributed by atoms with van der Waals surface area (Å²) in [4.78, 5) is 32.6. The first-order valence-corrected chi connectivity index (χ1v) is 9.42. The van der Waals surface area contributed by atoms with Crippen LogP contribution in [0.5, 0.6) is 5.75 Å². The minimum Gasteiger partial charge on any atom is -0.497 e. The number of aryl methyl sites for hydroxylation is 2. The number of methoxy groups -OCH3 is 1. The van der Waals surface area contributed by atoms with Crippen molar-refractivity contribution in [3.05, 3.63) is 70.3 Å². The highest BCUT2D eigenvalue weighted by Crippen LogP contribution is 2.22. The molecule has 0 saturated heterocycles. The molecule has 2 aromatic heterocycles. The number of rotatable bonds is 6. The van der Waals surface area contributed by atoms with E-state index in [9.17, 15) is 9.59 Å². The average molecular weight is 390 g/mol. The van der Waals surface area contributed by atoms with Gasteiger partial charge in [-0.05, 0) is 36.8 Å². The average Bonchev–Trinajstić information content (AvgIpc) is 3.11. The molecule has 7 nitrogen and oxygen atoms in total. The molecule has 1 amide bonds. The van der Waals surface area contributed by atoms with Crippen molar-refractivity contribution in [2.45, 2.75) is 26.4 Å². The maximum atomic E-state index is 12.8. The van der Waals surface area contributed by atoms with Crippen LogP contribution in [0.15, 0.2) is 53.6 Å². The molecule has 0 fully saturated rings. The topological polar surface area (TPSA) is 89.0 Å². The Balaban J connectivity index is 1.43. The van der Waals surface area contributed by atoms with Gasteiger partial charge in [-0.3, -0.25) is 14.2 Å². The van der Waals surface area contributed by atoms with Crippen LogP contribution in [0.4, 0.5) is 0 Å². The Morgan fingerprint density at radius 2 is 2.00 bits per heavy atom. The minimum absolute atomic E-state index is 0.125. The molecule has 29 heavy (non-hydrogen) atoms. The van der Waals surface area contributed by atoms with Gasteiger partial charge in [-0.1, -0.05) is 23.8 Å². The zero-order valence-electron chi connectivity index (χ0n) is 16.4. The minimum atomic E-state index is -0.174. The number of aromatic amines is 1. The Hall–Kier alpha value is -3.61. The van der Waals surface area contributed by atoms with Crippen molar-refractivity contribution in [1.82, 2.24) is 19.9 Å². The van der Waals surface area contributed by atoms with Gasteiger partial charge >= 0.3 is 0 Å². The van der Waals surface area contributed by atoms with Crippen molar-refractivity contribution in [3.63, 3.8) is 0 Å². The van der Waals surface area contributed by atoms with Crippen LogP contribution in [0, 0.1) is 6.92 Å². The zero-order valence-corrected chi connectivity index (χ0v) is 16.4. The number of carbonyl (C=O) groups is 1. The van der Waals surface area contributed by atoms with Gasteiger partial charge in [-0.15, -0.1) is 0 Å². The SMILES string of the molecule is COc1ccc(CNC(=O)CCn2cnc3c([nH]c4ccc(C)cc43)c2=O)cc1. The number of hydrogen-bond acceptors (Lipinski definition) is 4. The van der Waals surface area contributed by atoms with Crippen LogP contribution < -0.4 is 15.6 Å². The second kappa shape index (κ2) is 7.79. The van der Waals surface area contributed by atoms with Crippen LogP contribution in [-0.2, 0) is 17.9 Å². The number of aromatic nitrogens is 3. The van der Waals surface area contributed by atoms with Crippen molar-refractivity contribution in [2.75, 3.05) is 7.11 Å². The molecule has 0 radical (unpaired) electrons. The molecule has 0 bridgehead atoms. The number of nitrogens with one attached hydrogen (secondary N) is 2. The van der Waals surface area contributed by atoms with E-state index in [2.05, 4.69) is 15.3 Å². The second-order valence-corrected chi connectivity index (χ2v) is 7.02. The normalized spacial score (nSPS) is 11.1. The molecule has 4 aromatic rings. The Kier molecular flexibility index (Phi) is 5.03. The third kappa shape index (κ3) is 3.85. The molecular weight excluding hydrogens is 368 g/mol. The van der Waals surface area contributed by atoms with Crippen LogP contribution in [0.3, 0.4) is 0 Å². The largest absolute Gasteiger partial charge is 0.497 e. The fourth-order valence-corrected chi connectivity index (χ4v) is 3.32. The highest BCUT2D eigenvalue weighted by molar-refractivity contribution is 6.04. The molecule has 0 saturated carbocycles. The second-order valence-electron chi connectivity index (χ2n) is 7.02. The monoisotopic (exact) mass is 390 g/mol. The van der Waals surface area contributed by atoms with Crippen molar-refractivity contribution in [3.8, 4) is 5.75 Å². The lowest BCUT2D eigenvalue weighted by atomic mass is 10.2. The van der Waals surface area contributed by atoms with Crippen LogP contribution >= 0.6 is 0 Å². The number of benzene rings is 2. The summed E-state index contributed by atoms with van der Waals surface area (Å²) in [6.45, 7) is 2.70. The Bertz CT molecular complexity index is 1240. The predicted octanol–water partition coefficient (Wildman–Crippen LogP) is 2.90. The molecule has 0 unspecified atom stereocenters. The maximum absolute atomic E-state index is 12.8. The van der Waals surface area contributed by atoms with E-state index < -0.39 is 0 Å². The number of amides is 1. The van der Waals surface area contributed by atoms with E-state index in [4.69, 9.17) is 4.74 Å². The summed E-state index contributed by atoms with van der Waals surface area (Å²) in [6.07, 6.45) is 1.71. The Labute approximate surface area is 167 Å². The predicted molar refractivity (Wildman–Crippen MR) is 112 cm³/mol. The molecule has 148 valence electrons. The van der Waals surface area contributed by atoms with Gasteiger partial charge in [0.25, 0.3) is 5.56 Å². The fraction of sp³-hybridized carbons (Fsp3) is 0.227. The third-order valence-electron chi connectivity index (χ3n) is 4.96. The first kappa shape index (κ1) is 18.7. The zero-order chi connectivity index (χ0) is 20.4. The number of nitrogens with zero attached hydrogens (tertiary/aromatic N) is 2. The van der Waals surface area contributed by atoms with Gasteiger partial charge in [-0.2, -0.15) is 0 Å². The van der Waals surface area contributed by atoms with E-state index in [1.807, 2.05) is 49.4 Å². The number of H-pyrrole nitrogens is 1. The molecule has 2 N–H and O–H groups in total. The van der Waals surface area contributed by atoms with Crippen molar-refractivity contribution in [2.24, 2.45) is 0 Å². The summed E-state index contributed by atoms with van der Waals surface area (Å²) in [5.41, 5.74) is 3.92. The molecule has 0 aliphatic rings. The van der Waals surface area contributed by atoms with Gasteiger partial charge in [0.1, 0.15) is 16.8 Å². The standard InChI is InChI=1S/C22H22N4O3/c1-14-3-8-18-17(11-14)20-21(25-18)22(28)26(13-24-20)10-9-19(27)23-12-15-4-6-16(29-2)7-5-15/h3-8,11,13,25H,9-10,12H2,1-2H3,(H,23,27). The summed E-state index contributed by atoms with van der Waals surface area (Å²) in [5, 5.41) is 3.80. The van der Waals surface area contributed by atoms with Crippen molar-refractivity contribution in [1.29, 1.82) is 0 Å². The van der Waals surface area contributed by atoms with Gasteiger partial charge in [0.2, 0.25) is 5.91 Å². The molecule has 0 aliphatic heterocycles. The summed E-state index contributed by atoms with van der Waals surface area (Å²) in [5.74, 6) is 0.648. The fourth-order valence-electron chi connectivity index (χ4n) is 3.32. The van der Waals surface area contributed by atoms with E-state index in [0.717, 1.165) is 27.8 Å². The highest BCUT2D eigenvalue weighted by atomic mass is 16.5. The Morgan fingerprint density at radius 1 is 1.21 bits per heavy atom. The number of carbonyl (C=O) groups excluding carboxylic acids is 1. The highest BCUT2D eigenvalue weighted by Gasteiger charge is 2.12. The van der Waals surface area contributed by atoms with E-state index in [0.29, 0.717) is 17.6 Å². The van der Waals surface area contributed by atoms with Crippen LogP contribution in [-0.4, -0.2) is 27.6 Å². The van der Waals surface area contributed by atoms with Gasteiger partial charge in [-0.25, -0.2) is 4.98 Å². The van der Waals surface area contributed by atoms with Gasteiger partial charge in [0, 0.05) is 30.4 Å². The summed E-state index contributed by atoms with van der Waals surface area (Å²) >= 11 is 0. The van der Waals surface area contributed by atoms with Crippen LogP contribution in [0.1, 0.15) is 17.5 Å². The van der Waals surface area contributed by atoms with Crippen LogP contribution in [0.2, 0.25) is 0 Å². The summed E-state index contributed by atoms with van der Waals surface area (Å²) in [6, 6.07) is 13.5. The van der Waals surface area contributed by atoms with Crippen molar-refractivity contribution >= 4 is 27.8 Å². The number of hydrogen-bond donors (Lipinski definition) is 2. The lowest BCUT2D eigenvalue weighted by molar-refractivity contribution is -0.121. The Morgan fingerprint density at radius 3 is 2.76 bits per heavy atom. The first-order valence-electron chi connectivity index (χ1n) is 9.42. The van der Waals surface area contributed by atoms with Gasteiger partial charge in [0.05, 0.1) is 13.4 Å². The quantitative estimate of drug-likeness (QED) is 0.530. The number of fused-ring (bicyclic) bond motifs is 3. The molecule has 2 aromatic carbocycles. The molecule has 7 heteroatoms. The first-order chi connectivity index (χ1) is 14.0. The van der Waals surface area contributed by atoms with Gasteiger partial charge in [0.15, 0.2) is 0 Å². The molecule has 0 spiro atoms. The van der Waals surface area contributed by atoms with Crippen molar-refractivity contribution < 1.29 is 9.53 Å². The van der Waals surface area contributed by atoms with E-state index in [-0.39, 0.29) is 24.4 Å². The summed E-state index contributed by atoms with van der Waals surface area (Å²) < 4.78 is 6.59. The van der Waals surface area contributed by atoms with E-state index in [1.165, 1.54) is 10.9 Å². The third-order valence-corrected chi connectivity index (χ3v) is 4.96. The molecule has 0 atom stereocenters. The van der Waals surface area contributed by atoms with Gasteiger partial charge < -0.3 is 15.0 Å². The molecule has 2 heterocycles. The molecule has 4 rings (SSSR count). The lowest BCUT2D eigenvalue weighted by Gasteiger charge is -2.08. The maximum Gasteiger partial charge on any atom is 0.277 e. The van der Waals surface area contributed by atoms with Crippen LogP contribution in [0.25, 0.3) is 21.9 Å².